The summed E-state index contributed by atoms with van der Waals surface area (Å²) in [5, 5.41) is 0. The van der Waals surface area contributed by atoms with E-state index in [0.717, 1.165) is 5.69 Å². The second-order valence-corrected chi connectivity index (χ2v) is 2.58. The van der Waals surface area contributed by atoms with E-state index in [-0.39, 0.29) is 5.95 Å². The lowest BCUT2D eigenvalue weighted by Crippen LogP contribution is -2.00. The van der Waals surface area contributed by atoms with E-state index < -0.39 is 0 Å². The number of alkyl halides is 1. The number of halogens is 1. The van der Waals surface area contributed by atoms with Gasteiger partial charge in [-0.3, -0.25) is 0 Å². The molecule has 4 nitrogen and oxygen atoms in total. The SMILES string of the molecule is Cc1cc(OCI)nc(N)n1. The molecule has 0 atom stereocenters. The van der Waals surface area contributed by atoms with Gasteiger partial charge < -0.3 is 10.5 Å². The van der Waals surface area contributed by atoms with Crippen LogP contribution in [0.25, 0.3) is 0 Å². The van der Waals surface area contributed by atoms with Crippen LogP contribution in [-0.2, 0) is 0 Å². The van der Waals surface area contributed by atoms with E-state index in [1.807, 2.05) is 6.92 Å². The van der Waals surface area contributed by atoms with Crippen LogP contribution < -0.4 is 10.5 Å². The molecule has 11 heavy (non-hydrogen) atoms. The third-order valence-electron chi connectivity index (χ3n) is 1.05. The summed E-state index contributed by atoms with van der Waals surface area (Å²) < 4.78 is 5.69. The highest BCUT2D eigenvalue weighted by molar-refractivity contribution is 14.1. The fourth-order valence-electron chi connectivity index (χ4n) is 0.692. The van der Waals surface area contributed by atoms with Crippen molar-refractivity contribution in [3.8, 4) is 5.88 Å². The zero-order valence-electron chi connectivity index (χ0n) is 6.04. The standard InChI is InChI=1S/C6H8IN3O/c1-4-2-5(11-3-7)10-6(8)9-4/h2H,3H2,1H3,(H2,8,9,10). The van der Waals surface area contributed by atoms with Crippen molar-refractivity contribution < 1.29 is 4.74 Å². The summed E-state index contributed by atoms with van der Waals surface area (Å²) in [6, 6.07) is 1.75. The van der Waals surface area contributed by atoms with Gasteiger partial charge in [0.15, 0.2) is 0 Å². The van der Waals surface area contributed by atoms with Gasteiger partial charge >= 0.3 is 0 Å². The summed E-state index contributed by atoms with van der Waals surface area (Å²) in [5.74, 6) is 0.786. The second kappa shape index (κ2) is 3.70. The molecule has 0 unspecified atom stereocenters. The molecule has 0 aliphatic heterocycles. The third kappa shape index (κ3) is 2.49. The highest BCUT2D eigenvalue weighted by Gasteiger charge is 1.97. The number of nitrogens with zero attached hydrogens (tertiary/aromatic N) is 2. The molecule has 0 bridgehead atoms. The predicted octanol–water partition coefficient (Wildman–Crippen LogP) is 1.14. The van der Waals surface area contributed by atoms with E-state index in [0.29, 0.717) is 10.5 Å². The zero-order valence-corrected chi connectivity index (χ0v) is 8.20. The number of aromatic nitrogens is 2. The average molecular weight is 265 g/mol. The Hall–Kier alpha value is -0.590. The molecule has 0 aliphatic carbocycles. The lowest BCUT2D eigenvalue weighted by atomic mass is 10.4. The van der Waals surface area contributed by atoms with Crippen molar-refractivity contribution in [3.05, 3.63) is 11.8 Å². The largest absolute Gasteiger partial charge is 0.467 e. The summed E-state index contributed by atoms with van der Waals surface area (Å²) in [5.41, 5.74) is 6.20. The Kier molecular flexibility index (Phi) is 2.86. The normalized spacial score (nSPS) is 9.64. The highest BCUT2D eigenvalue weighted by Crippen LogP contribution is 2.09. The first kappa shape index (κ1) is 8.51. The van der Waals surface area contributed by atoms with Gasteiger partial charge in [-0.2, -0.15) is 4.98 Å². The Labute approximate surface area is 78.3 Å². The molecular formula is C6H8IN3O. The maximum Gasteiger partial charge on any atom is 0.223 e. The fourth-order valence-corrected chi connectivity index (χ4v) is 1.01. The maximum atomic E-state index is 5.39. The van der Waals surface area contributed by atoms with Gasteiger partial charge in [0.2, 0.25) is 11.8 Å². The van der Waals surface area contributed by atoms with Crippen molar-refractivity contribution >= 4 is 28.5 Å². The number of rotatable bonds is 2. The molecule has 1 aromatic rings. The first-order valence-corrected chi connectivity index (χ1v) is 4.55. The van der Waals surface area contributed by atoms with Gasteiger partial charge in [-0.15, -0.1) is 0 Å². The van der Waals surface area contributed by atoms with Gasteiger partial charge in [0.05, 0.1) is 0 Å². The molecule has 0 aliphatic rings. The minimum Gasteiger partial charge on any atom is -0.467 e. The van der Waals surface area contributed by atoms with Gasteiger partial charge in [-0.1, -0.05) is 0 Å². The van der Waals surface area contributed by atoms with Crippen molar-refractivity contribution in [1.29, 1.82) is 0 Å². The van der Waals surface area contributed by atoms with Crippen molar-refractivity contribution in [2.45, 2.75) is 6.92 Å². The summed E-state index contributed by atoms with van der Waals surface area (Å²) >= 11 is 2.09. The summed E-state index contributed by atoms with van der Waals surface area (Å²) in [4.78, 5) is 7.76. The first-order chi connectivity index (χ1) is 5.22. The number of aryl methyl sites for hydroxylation is 1. The van der Waals surface area contributed by atoms with Crippen LogP contribution in [0.1, 0.15) is 5.69 Å². The van der Waals surface area contributed by atoms with Crippen LogP contribution in [0, 0.1) is 6.92 Å². The topological polar surface area (TPSA) is 61.0 Å². The van der Waals surface area contributed by atoms with Gasteiger partial charge in [0.25, 0.3) is 0 Å². The molecule has 1 aromatic heterocycles. The van der Waals surface area contributed by atoms with Crippen LogP contribution in [0.5, 0.6) is 5.88 Å². The smallest absolute Gasteiger partial charge is 0.223 e. The predicted molar refractivity (Wildman–Crippen MR) is 50.7 cm³/mol. The number of nitrogens with two attached hydrogens (primary N) is 1. The molecule has 0 saturated heterocycles. The van der Waals surface area contributed by atoms with E-state index in [1.54, 1.807) is 6.07 Å². The Bertz CT molecular complexity index is 233. The van der Waals surface area contributed by atoms with Crippen LogP contribution in [0.3, 0.4) is 0 Å². The zero-order chi connectivity index (χ0) is 8.27. The van der Waals surface area contributed by atoms with E-state index in [9.17, 15) is 0 Å². The van der Waals surface area contributed by atoms with E-state index >= 15 is 0 Å². The fraction of sp³-hybridized carbons (Fsp3) is 0.333. The molecule has 0 fully saturated rings. The molecule has 1 heterocycles. The maximum absolute atomic E-state index is 5.39. The first-order valence-electron chi connectivity index (χ1n) is 3.02. The third-order valence-corrected chi connectivity index (χ3v) is 1.36. The van der Waals surface area contributed by atoms with Gasteiger partial charge in [0.1, 0.15) is 4.61 Å². The van der Waals surface area contributed by atoms with Crippen LogP contribution in [0.4, 0.5) is 5.95 Å². The van der Waals surface area contributed by atoms with E-state index in [4.69, 9.17) is 10.5 Å². The van der Waals surface area contributed by atoms with E-state index in [2.05, 4.69) is 32.6 Å². The van der Waals surface area contributed by atoms with Crippen LogP contribution in [0.15, 0.2) is 6.07 Å². The monoisotopic (exact) mass is 265 g/mol. The Morgan fingerprint density at radius 1 is 1.64 bits per heavy atom. The Morgan fingerprint density at radius 3 is 2.91 bits per heavy atom. The summed E-state index contributed by atoms with van der Waals surface area (Å²) in [6.07, 6.45) is 0. The highest BCUT2D eigenvalue weighted by atomic mass is 127. The lowest BCUT2D eigenvalue weighted by Gasteiger charge is -2.01. The lowest BCUT2D eigenvalue weighted by molar-refractivity contribution is 0.387. The second-order valence-electron chi connectivity index (χ2n) is 1.96. The minimum absolute atomic E-state index is 0.254. The van der Waals surface area contributed by atoms with Crippen LogP contribution in [-0.4, -0.2) is 14.6 Å². The van der Waals surface area contributed by atoms with Crippen LogP contribution in [0.2, 0.25) is 0 Å². The number of hydrogen-bond acceptors (Lipinski definition) is 4. The van der Waals surface area contributed by atoms with E-state index in [1.165, 1.54) is 0 Å². The molecule has 1 rings (SSSR count). The number of hydrogen-bond donors (Lipinski definition) is 1. The minimum atomic E-state index is 0.254. The van der Waals surface area contributed by atoms with Gasteiger partial charge in [-0.05, 0) is 29.5 Å². The average Bonchev–Trinajstić information content (AvgIpc) is 1.85. The van der Waals surface area contributed by atoms with Gasteiger partial charge in [0, 0.05) is 11.8 Å². The van der Waals surface area contributed by atoms with Crippen molar-refractivity contribution in [3.63, 3.8) is 0 Å². The molecule has 0 saturated carbocycles. The molecule has 2 N–H and O–H groups in total. The molecule has 60 valence electrons. The number of ether oxygens (including phenoxy) is 1. The van der Waals surface area contributed by atoms with Crippen LogP contribution >= 0.6 is 22.6 Å². The number of anilines is 1. The van der Waals surface area contributed by atoms with Crippen molar-refractivity contribution in [2.24, 2.45) is 0 Å². The van der Waals surface area contributed by atoms with Crippen molar-refractivity contribution in [1.82, 2.24) is 9.97 Å². The molecule has 0 amide bonds. The Balaban J connectivity index is 2.89. The van der Waals surface area contributed by atoms with Gasteiger partial charge in [-0.25, -0.2) is 4.98 Å². The van der Waals surface area contributed by atoms with Crippen molar-refractivity contribution in [2.75, 3.05) is 10.3 Å². The molecular weight excluding hydrogens is 257 g/mol. The molecule has 0 aromatic carbocycles. The quantitative estimate of drug-likeness (QED) is 0.643. The molecule has 0 spiro atoms. The number of nitrogen functional groups attached to an aromatic ring is 1. The molecule has 0 radical (unpaired) electrons. The molecule has 5 heteroatoms. The summed E-state index contributed by atoms with van der Waals surface area (Å²) in [6.45, 7) is 1.85. The Morgan fingerprint density at radius 2 is 2.36 bits per heavy atom. The summed E-state index contributed by atoms with van der Waals surface area (Å²) in [7, 11) is 0.